The summed E-state index contributed by atoms with van der Waals surface area (Å²) in [6.07, 6.45) is 17.1. The van der Waals surface area contributed by atoms with Gasteiger partial charge in [-0.05, 0) is 199 Å². The highest BCUT2D eigenvalue weighted by atomic mass is 35.5. The summed E-state index contributed by atoms with van der Waals surface area (Å²) in [4.78, 5) is 47.3. The number of aromatic amines is 1. The van der Waals surface area contributed by atoms with Crippen molar-refractivity contribution in [1.82, 2.24) is 64.0 Å². The van der Waals surface area contributed by atoms with Crippen molar-refractivity contribution in [2.75, 3.05) is 30.2 Å². The molecule has 0 saturated heterocycles. The van der Waals surface area contributed by atoms with Crippen molar-refractivity contribution in [2.24, 2.45) is 0 Å². The number of nitrogens with one attached hydrogen (secondary N) is 4. The Hall–Kier alpha value is -12.6. The van der Waals surface area contributed by atoms with Crippen LogP contribution in [-0.4, -0.2) is 78.2 Å². The van der Waals surface area contributed by atoms with Gasteiger partial charge >= 0.3 is 0 Å². The molecule has 0 fully saturated rings. The van der Waals surface area contributed by atoms with E-state index in [1.165, 1.54) is 67.3 Å². The topological polar surface area (TPSA) is 209 Å². The van der Waals surface area contributed by atoms with Crippen molar-refractivity contribution < 1.29 is 27.0 Å². The highest BCUT2D eigenvalue weighted by Crippen LogP contribution is 2.39. The zero-order valence-corrected chi connectivity index (χ0v) is 68.2. The molecule has 0 atom stereocenters. The molecule has 10 aromatic heterocycles. The largest absolute Gasteiger partial charge is 0.497 e. The zero-order valence-electron chi connectivity index (χ0n) is 64.4. The first-order chi connectivity index (χ1) is 56.4. The minimum absolute atomic E-state index is 0.190. The number of methoxy groups -OCH3 is 2. The summed E-state index contributed by atoms with van der Waals surface area (Å²) in [7, 11) is 3.30. The fraction of sp³-hybridized carbons (Fsp3) is 0.133. The first-order valence-electron chi connectivity index (χ1n) is 36.6. The van der Waals surface area contributed by atoms with E-state index < -0.39 is 5.82 Å². The Labute approximate surface area is 697 Å². The quantitative estimate of drug-likeness (QED) is 0.0523. The van der Waals surface area contributed by atoms with Crippen LogP contribution in [0.15, 0.2) is 239 Å². The van der Waals surface area contributed by atoms with E-state index in [2.05, 4.69) is 121 Å². The van der Waals surface area contributed by atoms with Gasteiger partial charge < -0.3 is 39.5 Å². The van der Waals surface area contributed by atoms with E-state index in [0.717, 1.165) is 101 Å². The molecule has 18 nitrogen and oxygen atoms in total. The summed E-state index contributed by atoms with van der Waals surface area (Å²) in [6.45, 7) is 21.2. The second-order valence-corrected chi connectivity index (χ2v) is 29.8. The molecule has 0 aliphatic rings. The minimum atomic E-state index is -0.402. The summed E-state index contributed by atoms with van der Waals surface area (Å²) in [6, 6.07) is 46.4. The van der Waals surface area contributed by atoms with Gasteiger partial charge in [0.1, 0.15) is 88.1 Å². The number of allylic oxidation sites excluding steroid dienone is 2. The molecule has 590 valence electrons. The van der Waals surface area contributed by atoms with E-state index in [9.17, 15) is 17.6 Å². The first-order valence-corrected chi connectivity index (χ1v) is 38.5. The van der Waals surface area contributed by atoms with Crippen LogP contribution in [0.2, 0.25) is 25.1 Å². The van der Waals surface area contributed by atoms with Crippen molar-refractivity contribution in [3.63, 3.8) is 0 Å². The number of fused-ring (bicyclic) bond motifs is 3. The van der Waals surface area contributed by atoms with Gasteiger partial charge in [-0.2, -0.15) is 0 Å². The first kappa shape index (κ1) is 82.4. The maximum atomic E-state index is 14.6. The monoisotopic (exact) mass is 1660 g/mol. The van der Waals surface area contributed by atoms with Gasteiger partial charge in [-0.25, -0.2) is 47.5 Å². The fourth-order valence-corrected chi connectivity index (χ4v) is 13.8. The van der Waals surface area contributed by atoms with Crippen LogP contribution in [0.25, 0.3) is 89.3 Å². The number of nitrogens with zero attached hydrogens (tertiary/aromatic N) is 12. The van der Waals surface area contributed by atoms with Gasteiger partial charge in [0.2, 0.25) is 0 Å². The number of pyridine rings is 4. The molecular formula is C90H75Cl5F4N16O2. The Balaban J connectivity index is 0.000000139. The molecule has 0 amide bonds. The Kier molecular flexibility index (Phi) is 26.0. The second-order valence-electron chi connectivity index (χ2n) is 27.7. The van der Waals surface area contributed by atoms with Gasteiger partial charge in [-0.3, -0.25) is 19.9 Å². The molecular weight excluding hydrogens is 1590 g/mol. The maximum Gasteiger partial charge on any atom is 0.145 e. The van der Waals surface area contributed by atoms with Crippen molar-refractivity contribution in [2.45, 2.75) is 66.5 Å². The molecule has 0 radical (unpaired) electrons. The number of aromatic nitrogens is 13. The lowest BCUT2D eigenvalue weighted by atomic mass is 10.0. The lowest BCUT2D eigenvalue weighted by molar-refractivity contribution is 0.414. The number of rotatable bonds is 20. The summed E-state index contributed by atoms with van der Waals surface area (Å²) in [5, 5.41) is 15.1. The molecule has 0 aliphatic heterocycles. The van der Waals surface area contributed by atoms with E-state index in [-0.39, 0.29) is 29.3 Å². The van der Waals surface area contributed by atoms with E-state index >= 15 is 0 Å². The van der Waals surface area contributed by atoms with Crippen molar-refractivity contribution >= 4 is 137 Å². The zero-order chi connectivity index (χ0) is 82.7. The third kappa shape index (κ3) is 19.5. The van der Waals surface area contributed by atoms with Crippen LogP contribution in [-0.2, 0) is 13.1 Å². The molecule has 0 unspecified atom stereocenters. The summed E-state index contributed by atoms with van der Waals surface area (Å²) in [5.41, 5.74) is 15.3. The van der Waals surface area contributed by atoms with E-state index in [0.29, 0.717) is 106 Å². The van der Waals surface area contributed by atoms with Gasteiger partial charge in [0.25, 0.3) is 0 Å². The van der Waals surface area contributed by atoms with E-state index in [1.54, 1.807) is 75.7 Å². The number of H-pyrrole nitrogens is 1. The number of benzene rings is 6. The summed E-state index contributed by atoms with van der Waals surface area (Å²) in [5.74, 6) is 2.47. The van der Waals surface area contributed by atoms with Crippen LogP contribution in [0.5, 0.6) is 11.5 Å². The molecule has 0 saturated carbocycles. The third-order valence-corrected chi connectivity index (χ3v) is 20.1. The summed E-state index contributed by atoms with van der Waals surface area (Å²) < 4.78 is 71.7. The van der Waals surface area contributed by atoms with Gasteiger partial charge in [-0.15, -0.1) is 0 Å². The maximum absolute atomic E-state index is 14.6. The Morgan fingerprint density at radius 1 is 0.410 bits per heavy atom. The van der Waals surface area contributed by atoms with Crippen LogP contribution >= 0.6 is 58.0 Å². The van der Waals surface area contributed by atoms with E-state index in [4.69, 9.17) is 67.5 Å². The number of ether oxygens (including phenoxy) is 2. The number of hydrogen-bond acceptors (Lipinski definition) is 15. The molecule has 117 heavy (non-hydrogen) atoms. The molecule has 0 bridgehead atoms. The smallest absolute Gasteiger partial charge is 0.145 e. The lowest BCUT2D eigenvalue weighted by Gasteiger charge is -2.16. The van der Waals surface area contributed by atoms with Gasteiger partial charge in [0.05, 0.1) is 63.9 Å². The highest BCUT2D eigenvalue weighted by Gasteiger charge is 2.21. The molecule has 6 aromatic carbocycles. The Morgan fingerprint density at radius 3 is 1.15 bits per heavy atom. The number of anilines is 6. The molecule has 10 heterocycles. The molecule has 0 spiro atoms. The number of halogens is 9. The predicted octanol–water partition coefficient (Wildman–Crippen LogP) is 25.2. The second kappa shape index (κ2) is 36.9. The SMILES string of the molecule is C=C(C)c1cnc(-c2cc(Cl)ccc2F)cc1Cl.C=C(C)c1cnc(-c2cc(Cl)ccc2F)cc1Nc1ncnc2c1ccn2Cc1ccc(OC)cc1.CC(C)c1cnc(-c2cc(Cl)ccc2F)cc1Nc1ncnc2[nH]ccc12.COc1ccc(Cn2ccc3c(Nc4cc(-c5cc(Cl)ccc5F)ncc4C(C)C)ncnc32)cc1. The van der Waals surface area contributed by atoms with Crippen molar-refractivity contribution in [3.05, 3.63) is 321 Å². The van der Waals surface area contributed by atoms with Crippen molar-refractivity contribution in [1.29, 1.82) is 0 Å². The van der Waals surface area contributed by atoms with Crippen LogP contribution in [0, 0.1) is 23.3 Å². The van der Waals surface area contributed by atoms with Crippen LogP contribution < -0.4 is 25.4 Å². The predicted molar refractivity (Wildman–Crippen MR) is 464 cm³/mol. The average Bonchev–Trinajstić information content (AvgIpc) is 1.76. The average molecular weight is 1670 g/mol. The minimum Gasteiger partial charge on any atom is -0.497 e. The Bertz CT molecular complexity index is 6340. The standard InChI is InChI=1S/C28H25ClFN5O.C28H23ClFN5O.C20H17ClFN5.C14H10Cl2FN/c2*1-17(2)23-14-31-25(22-12-19(29)6-9-24(22)30)13-26(23)34-27-21-10-11-35(28(21)33-16-32-27)15-18-4-7-20(36-3)8-5-18;1-11(2)15-9-24-17(14-7-12(21)3-4-16(14)22)8-18(15)27-20-13-5-6-23-19(13)25-10-26-20;1-8(2)11-7-18-14(6-12(11)16)10-5-9(15)3-4-13(10)17/h4-14,16-17H,15H2,1-3H3,(H,31,32,33,34);4-14,16H,1,15H2,2-3H3,(H,31,32,33,34);3-11H,1-2H3,(H2,23,24,25,26,27);3-7H,1H2,2H3. The van der Waals surface area contributed by atoms with Gasteiger partial charge in [0, 0.05) is 121 Å². The van der Waals surface area contributed by atoms with Crippen LogP contribution in [0.1, 0.15) is 86.8 Å². The van der Waals surface area contributed by atoms with Crippen molar-refractivity contribution in [3.8, 4) is 56.5 Å². The lowest BCUT2D eigenvalue weighted by Crippen LogP contribution is -2.04. The summed E-state index contributed by atoms with van der Waals surface area (Å²) >= 11 is 30.2. The fourth-order valence-electron chi connectivity index (χ4n) is 12.7. The van der Waals surface area contributed by atoms with Gasteiger partial charge in [-0.1, -0.05) is 123 Å². The molecule has 0 aliphatic carbocycles. The normalized spacial score (nSPS) is 11.1. The molecule has 4 N–H and O–H groups in total. The van der Waals surface area contributed by atoms with Crippen LogP contribution in [0.3, 0.4) is 0 Å². The van der Waals surface area contributed by atoms with Crippen LogP contribution in [0.4, 0.5) is 52.1 Å². The molecule has 27 heteroatoms. The van der Waals surface area contributed by atoms with E-state index in [1.807, 2.05) is 111 Å². The third-order valence-electron chi connectivity index (χ3n) is 18.9. The Morgan fingerprint density at radius 2 is 0.769 bits per heavy atom. The number of hydrogen-bond donors (Lipinski definition) is 4. The van der Waals surface area contributed by atoms with Gasteiger partial charge in [0.15, 0.2) is 0 Å². The highest BCUT2D eigenvalue weighted by molar-refractivity contribution is 6.33. The molecule has 16 aromatic rings. The molecule has 16 rings (SSSR count).